The molecule has 0 fully saturated rings. The van der Waals surface area contributed by atoms with E-state index < -0.39 is 16.1 Å². The average molecular weight is 435 g/mol. The number of rotatable bonds is 6. The van der Waals surface area contributed by atoms with Gasteiger partial charge in [0.15, 0.2) is 0 Å². The van der Waals surface area contributed by atoms with Gasteiger partial charge in [0.2, 0.25) is 0 Å². The minimum Gasteiger partial charge on any atom is -0.0948 e. The van der Waals surface area contributed by atoms with Gasteiger partial charge in [-0.15, -0.1) is 0 Å². The molecule has 4 rings (SSSR count). The van der Waals surface area contributed by atoms with Crippen molar-refractivity contribution >= 4 is 36.9 Å². The summed E-state index contributed by atoms with van der Waals surface area (Å²) in [6, 6.07) is 44.8. The Labute approximate surface area is 188 Å². The van der Waals surface area contributed by atoms with Crippen molar-refractivity contribution in [3.63, 3.8) is 0 Å². The summed E-state index contributed by atoms with van der Waals surface area (Å²) in [5.41, 5.74) is 0. The molecule has 0 atom stereocenters. The van der Waals surface area contributed by atoms with Gasteiger partial charge in [-0.05, 0) is 6.92 Å². The highest BCUT2D eigenvalue weighted by Crippen LogP contribution is 2.26. The number of hydrogen-bond acceptors (Lipinski definition) is 0. The molecule has 154 valence electrons. The van der Waals surface area contributed by atoms with Crippen LogP contribution < -0.4 is 20.7 Å². The van der Waals surface area contributed by atoms with E-state index in [2.05, 4.69) is 147 Å². The lowest BCUT2D eigenvalue weighted by Crippen LogP contribution is -2.70. The van der Waals surface area contributed by atoms with E-state index >= 15 is 0 Å². The van der Waals surface area contributed by atoms with Gasteiger partial charge >= 0.3 is 0 Å². The van der Waals surface area contributed by atoms with Gasteiger partial charge in [0, 0.05) is 0 Å². The zero-order valence-electron chi connectivity index (χ0n) is 18.6. The molecule has 0 bridgehead atoms. The summed E-state index contributed by atoms with van der Waals surface area (Å²) in [5.74, 6) is 0. The topological polar surface area (TPSA) is 0 Å². The van der Waals surface area contributed by atoms with E-state index in [0.29, 0.717) is 0 Å². The molecule has 0 saturated carbocycles. The number of hydrogen-bond donors (Lipinski definition) is 0. The fraction of sp³-hybridized carbons (Fsp3) is 0.103. The lowest BCUT2D eigenvalue weighted by molar-refractivity contribution is 1.60. The Bertz CT molecular complexity index is 965. The molecule has 0 radical (unpaired) electrons. The summed E-state index contributed by atoms with van der Waals surface area (Å²) in [6.45, 7) is 7.35. The lowest BCUT2D eigenvalue weighted by Gasteiger charge is -2.42. The predicted octanol–water partition coefficient (Wildman–Crippen LogP) is 4.80. The molecule has 0 aliphatic rings. The van der Waals surface area contributed by atoms with Crippen LogP contribution in [0.1, 0.15) is 6.92 Å². The summed E-state index contributed by atoms with van der Waals surface area (Å²) in [6.07, 6.45) is 2.46. The van der Waals surface area contributed by atoms with Gasteiger partial charge in [0.1, 0.15) is 16.1 Å². The zero-order valence-corrected chi connectivity index (χ0v) is 20.6. The van der Waals surface area contributed by atoms with E-state index in [1.54, 1.807) is 4.82 Å². The second kappa shape index (κ2) is 9.05. The third-order valence-electron chi connectivity index (χ3n) is 6.77. The van der Waals surface area contributed by atoms with Gasteiger partial charge in [-0.1, -0.05) is 166 Å². The normalized spacial score (nSPS) is 11.7. The Morgan fingerprint density at radius 3 is 0.871 bits per heavy atom. The first-order valence-corrected chi connectivity index (χ1v) is 16.0. The molecule has 0 amide bonds. The van der Waals surface area contributed by atoms with Crippen molar-refractivity contribution in [1.29, 1.82) is 0 Å². The van der Waals surface area contributed by atoms with Crippen LogP contribution in [0.25, 0.3) is 0 Å². The monoisotopic (exact) mass is 434 g/mol. The SMILES string of the molecule is CC=C([Si](C)(c1ccccc1)c1ccccc1)[Si](C)(c1ccccc1)c1ccccc1. The van der Waals surface area contributed by atoms with E-state index in [1.807, 2.05) is 0 Å². The van der Waals surface area contributed by atoms with Gasteiger partial charge in [0.25, 0.3) is 0 Å². The van der Waals surface area contributed by atoms with Crippen LogP contribution in [-0.2, 0) is 0 Å². The maximum Gasteiger partial charge on any atom is 0.138 e. The van der Waals surface area contributed by atoms with Gasteiger partial charge in [-0.2, -0.15) is 0 Å². The molecule has 31 heavy (non-hydrogen) atoms. The Morgan fingerprint density at radius 1 is 0.452 bits per heavy atom. The molecule has 2 heteroatoms. The predicted molar refractivity (Wildman–Crippen MR) is 141 cm³/mol. The minimum absolute atomic E-state index is 1.47. The van der Waals surface area contributed by atoms with Gasteiger partial charge in [-0.3, -0.25) is 0 Å². The first-order valence-electron chi connectivity index (χ1n) is 11.0. The zero-order chi connectivity index (χ0) is 21.7. The van der Waals surface area contributed by atoms with E-state index in [9.17, 15) is 0 Å². The highest BCUT2D eigenvalue weighted by Gasteiger charge is 2.47. The third-order valence-corrected chi connectivity index (χ3v) is 18.5. The highest BCUT2D eigenvalue weighted by atomic mass is 28.4. The van der Waals surface area contributed by atoms with E-state index in [4.69, 9.17) is 0 Å². The summed E-state index contributed by atoms with van der Waals surface area (Å²) in [4.78, 5) is 1.65. The molecule has 4 aromatic carbocycles. The molecule has 0 N–H and O–H groups in total. The Morgan fingerprint density at radius 2 is 0.677 bits per heavy atom. The van der Waals surface area contributed by atoms with Crippen molar-refractivity contribution in [2.24, 2.45) is 0 Å². The van der Waals surface area contributed by atoms with E-state index in [0.717, 1.165) is 0 Å². The number of allylic oxidation sites excluding steroid dienone is 1. The first-order chi connectivity index (χ1) is 15.1. The van der Waals surface area contributed by atoms with Crippen LogP contribution in [0.3, 0.4) is 0 Å². The number of benzene rings is 4. The molecule has 0 aliphatic carbocycles. The highest BCUT2D eigenvalue weighted by molar-refractivity contribution is 7.24. The van der Waals surface area contributed by atoms with Crippen LogP contribution in [0, 0.1) is 0 Å². The smallest absolute Gasteiger partial charge is 0.0948 e. The summed E-state index contributed by atoms with van der Waals surface area (Å²) in [5, 5.41) is 5.89. The Balaban J connectivity index is 2.05. The van der Waals surface area contributed by atoms with Crippen LogP contribution in [0.15, 0.2) is 132 Å². The first kappa shape index (κ1) is 21.3. The maximum atomic E-state index is 2.55. The van der Waals surface area contributed by atoms with Crippen molar-refractivity contribution in [3.05, 3.63) is 132 Å². The van der Waals surface area contributed by atoms with Crippen LogP contribution in [-0.4, -0.2) is 16.1 Å². The summed E-state index contributed by atoms with van der Waals surface area (Å²) in [7, 11) is -4.42. The fourth-order valence-electron chi connectivity index (χ4n) is 5.12. The van der Waals surface area contributed by atoms with Crippen molar-refractivity contribution in [2.75, 3.05) is 0 Å². The second-order valence-electron chi connectivity index (χ2n) is 8.42. The molecule has 0 heterocycles. The molecule has 0 aromatic heterocycles. The van der Waals surface area contributed by atoms with E-state index in [-0.39, 0.29) is 0 Å². The molecule has 4 aromatic rings. The minimum atomic E-state index is -2.21. The van der Waals surface area contributed by atoms with Gasteiger partial charge in [0.05, 0.1) is 0 Å². The second-order valence-corrected chi connectivity index (χ2v) is 16.8. The van der Waals surface area contributed by atoms with Crippen LogP contribution >= 0.6 is 0 Å². The van der Waals surface area contributed by atoms with Crippen molar-refractivity contribution < 1.29 is 0 Å². The quantitative estimate of drug-likeness (QED) is 0.383. The Hall–Kier alpha value is -2.95. The molecule has 0 unspecified atom stereocenters. The third kappa shape index (κ3) is 3.78. The molecular weight excluding hydrogens is 404 g/mol. The average Bonchev–Trinajstić information content (AvgIpc) is 2.86. The Kier molecular flexibility index (Phi) is 6.21. The molecule has 0 nitrogen and oxygen atoms in total. The summed E-state index contributed by atoms with van der Waals surface area (Å²) < 4.78 is 0. The lowest BCUT2D eigenvalue weighted by atomic mass is 10.4. The van der Waals surface area contributed by atoms with Crippen molar-refractivity contribution in [2.45, 2.75) is 20.0 Å². The standard InChI is InChI=1S/C29H30Si2/c1-4-29(30(2,25-17-9-5-10-18-25)26-19-11-6-12-20-26)31(3,27-21-13-7-14-22-27)28-23-15-8-16-24-28/h4-24H,1-3H3. The van der Waals surface area contributed by atoms with Crippen LogP contribution in [0.4, 0.5) is 0 Å². The molecule has 0 saturated heterocycles. The van der Waals surface area contributed by atoms with Crippen molar-refractivity contribution in [3.8, 4) is 0 Å². The van der Waals surface area contributed by atoms with E-state index in [1.165, 1.54) is 20.7 Å². The van der Waals surface area contributed by atoms with Gasteiger partial charge < -0.3 is 0 Å². The molecular formula is C29H30Si2. The van der Waals surface area contributed by atoms with Crippen LogP contribution in [0.5, 0.6) is 0 Å². The van der Waals surface area contributed by atoms with Crippen molar-refractivity contribution in [1.82, 2.24) is 0 Å². The maximum absolute atomic E-state index is 2.55. The fourth-order valence-corrected chi connectivity index (χ4v) is 17.4. The van der Waals surface area contributed by atoms with Crippen LogP contribution in [0.2, 0.25) is 13.1 Å². The summed E-state index contributed by atoms with van der Waals surface area (Å²) >= 11 is 0. The van der Waals surface area contributed by atoms with Gasteiger partial charge in [-0.25, -0.2) is 0 Å². The largest absolute Gasteiger partial charge is 0.138 e. The molecule has 0 aliphatic heterocycles. The molecule has 0 spiro atoms.